The topological polar surface area (TPSA) is 136 Å². The van der Waals surface area contributed by atoms with Crippen LogP contribution in [0.1, 0.15) is 6.23 Å². The molecule has 0 aliphatic carbocycles. The van der Waals surface area contributed by atoms with E-state index >= 15 is 0 Å². The van der Waals surface area contributed by atoms with Gasteiger partial charge in [0.25, 0.3) is 0 Å². The summed E-state index contributed by atoms with van der Waals surface area (Å²) in [6.45, 7) is 0. The van der Waals surface area contributed by atoms with Crippen molar-refractivity contribution < 1.29 is 18.7 Å². The van der Waals surface area contributed by atoms with Gasteiger partial charge >= 0.3 is 128 Å². The maximum absolute atomic E-state index is 12.0. The Morgan fingerprint density at radius 3 is 2.73 bits per heavy atom. The average Bonchev–Trinajstić information content (AvgIpc) is 2.95. The van der Waals surface area contributed by atoms with Crippen LogP contribution >= 0.6 is 0 Å². The molecule has 1 fully saturated rings. The predicted molar refractivity (Wildman–Crippen MR) is 78.6 cm³/mol. The van der Waals surface area contributed by atoms with Crippen molar-refractivity contribution in [1.82, 2.24) is 19.5 Å². The molecule has 1 aliphatic rings. The Hall–Kier alpha value is -1.41. The monoisotopic (exact) mass is 371 g/mol. The fourth-order valence-corrected chi connectivity index (χ4v) is 5.05. The summed E-state index contributed by atoms with van der Waals surface area (Å²) in [5.41, 5.74) is 9.89. The van der Waals surface area contributed by atoms with E-state index < -0.39 is 38.0 Å². The Morgan fingerprint density at radius 2 is 2.05 bits per heavy atom. The Bertz CT molecular complexity index is 744. The third-order valence-electron chi connectivity index (χ3n) is 3.62. The summed E-state index contributed by atoms with van der Waals surface area (Å²) in [5.74, 6) is 0.225. The maximum atomic E-state index is 12.0. The van der Waals surface area contributed by atoms with Crippen LogP contribution in [0.3, 0.4) is 0 Å². The molecule has 3 rings (SSSR count). The molecule has 0 unspecified atom stereocenters. The van der Waals surface area contributed by atoms with E-state index in [-0.39, 0.29) is 11.0 Å². The normalized spacial score (nSPS) is 29.3. The first-order chi connectivity index (χ1) is 10.3. The average molecular weight is 371 g/mol. The molecule has 1 aliphatic heterocycles. The van der Waals surface area contributed by atoms with Crippen molar-refractivity contribution in [3.8, 4) is 0 Å². The van der Waals surface area contributed by atoms with E-state index in [9.17, 15) is 14.0 Å². The van der Waals surface area contributed by atoms with Crippen LogP contribution < -0.4 is 5.73 Å². The number of hydrogen-bond donors (Lipinski definition) is 3. The molecule has 1 saturated heterocycles. The molecule has 4 atom stereocenters. The summed E-state index contributed by atoms with van der Waals surface area (Å²) < 4.78 is 19.2. The van der Waals surface area contributed by atoms with Gasteiger partial charge in [0.15, 0.2) is 0 Å². The number of aliphatic hydroxyl groups is 2. The molecular formula is C12H18AsN5O4. The van der Waals surface area contributed by atoms with Crippen molar-refractivity contribution in [2.45, 2.75) is 41.2 Å². The second-order valence-corrected chi connectivity index (χ2v) is 13.3. The number of rotatable bonds is 3. The molecule has 0 bridgehead atoms. The van der Waals surface area contributed by atoms with Crippen LogP contribution in [0.2, 0.25) is 16.6 Å². The number of nitrogen functional groups attached to an aromatic ring is 1. The van der Waals surface area contributed by atoms with Crippen molar-refractivity contribution in [3.05, 3.63) is 12.7 Å². The standard InChI is InChI=1S/C12H18AsN5O4/c1-13(2,21)3-6-8(19)9(20)12(22-6)18-5-17-7-10(14)15-4-16-11(7)18/h4-6,8-9,12,19-20H,3H2,1-2H3,(H2,14,15,16)/t6-,8+,9-,12-/m0/s1. The van der Waals surface area contributed by atoms with Gasteiger partial charge in [0, 0.05) is 0 Å². The fraction of sp³-hybridized carbons (Fsp3) is 0.583. The predicted octanol–water partition coefficient (Wildman–Crippen LogP) is -0.337. The number of imidazole rings is 1. The Morgan fingerprint density at radius 1 is 1.32 bits per heavy atom. The van der Waals surface area contributed by atoms with Gasteiger partial charge in [-0.25, -0.2) is 0 Å². The van der Waals surface area contributed by atoms with E-state index in [4.69, 9.17) is 10.5 Å². The number of nitrogens with two attached hydrogens (primary N) is 1. The first-order valence-corrected chi connectivity index (χ1v) is 12.6. The van der Waals surface area contributed by atoms with Crippen LogP contribution in [-0.2, 0) is 8.48 Å². The summed E-state index contributed by atoms with van der Waals surface area (Å²) >= 11 is -3.02. The third kappa shape index (κ3) is 2.65. The number of nitrogens with zero attached hydrogens (tertiary/aromatic N) is 4. The summed E-state index contributed by atoms with van der Waals surface area (Å²) in [6.07, 6.45) is -1.10. The van der Waals surface area contributed by atoms with Crippen molar-refractivity contribution in [1.29, 1.82) is 0 Å². The second kappa shape index (κ2) is 5.34. The van der Waals surface area contributed by atoms with Gasteiger partial charge in [-0.1, -0.05) is 0 Å². The molecular weight excluding hydrogens is 353 g/mol. The van der Waals surface area contributed by atoms with Crippen LogP contribution in [0.25, 0.3) is 11.2 Å². The van der Waals surface area contributed by atoms with Crippen molar-refractivity contribution in [3.63, 3.8) is 0 Å². The van der Waals surface area contributed by atoms with Crippen molar-refractivity contribution in [2.24, 2.45) is 0 Å². The number of ether oxygens (including phenoxy) is 1. The van der Waals surface area contributed by atoms with Gasteiger partial charge in [-0.3, -0.25) is 0 Å². The zero-order chi connectivity index (χ0) is 16.1. The number of aromatic nitrogens is 4. The zero-order valence-corrected chi connectivity index (χ0v) is 14.1. The molecule has 0 amide bonds. The Kier molecular flexibility index (Phi) is 3.76. The number of anilines is 1. The van der Waals surface area contributed by atoms with E-state index in [1.165, 1.54) is 17.2 Å². The number of fused-ring (bicyclic) bond motifs is 1. The van der Waals surface area contributed by atoms with Gasteiger partial charge in [-0.15, -0.1) is 0 Å². The fourth-order valence-electron chi connectivity index (χ4n) is 2.60. The third-order valence-corrected chi connectivity index (χ3v) is 6.22. The van der Waals surface area contributed by atoms with Gasteiger partial charge in [0.05, 0.1) is 0 Å². The molecule has 0 aromatic carbocycles. The first-order valence-electron chi connectivity index (χ1n) is 6.76. The minimum atomic E-state index is -3.02. The summed E-state index contributed by atoms with van der Waals surface area (Å²) in [6, 6.07) is 0. The summed E-state index contributed by atoms with van der Waals surface area (Å²) in [5, 5.41) is 20.6. The molecule has 0 saturated carbocycles. The molecule has 120 valence electrons. The van der Waals surface area contributed by atoms with E-state index in [1.807, 2.05) is 0 Å². The van der Waals surface area contributed by atoms with Gasteiger partial charge < -0.3 is 0 Å². The number of aliphatic hydroxyl groups excluding tert-OH is 2. The van der Waals surface area contributed by atoms with E-state index in [0.29, 0.717) is 11.2 Å². The molecule has 2 aromatic heterocycles. The van der Waals surface area contributed by atoms with E-state index in [0.717, 1.165) is 0 Å². The van der Waals surface area contributed by atoms with Crippen LogP contribution in [-0.4, -0.2) is 61.5 Å². The van der Waals surface area contributed by atoms with Crippen LogP contribution in [0.5, 0.6) is 0 Å². The molecule has 0 radical (unpaired) electrons. The molecule has 9 nitrogen and oxygen atoms in total. The van der Waals surface area contributed by atoms with Crippen LogP contribution in [0, 0.1) is 0 Å². The quantitative estimate of drug-likeness (QED) is 0.624. The molecule has 2 aromatic rings. The molecule has 10 heteroatoms. The first kappa shape index (κ1) is 15.5. The SMILES string of the molecule is C[As](C)(=O)C[C@@H]1O[C@H](n2cnc3c(N)ncnc32)[C@@H](O)[C@@H]1O. The van der Waals surface area contributed by atoms with Crippen molar-refractivity contribution >= 4 is 30.5 Å². The molecule has 22 heavy (non-hydrogen) atoms. The minimum absolute atomic E-state index is 0.225. The van der Waals surface area contributed by atoms with Gasteiger partial charge in [-0.05, 0) is 0 Å². The summed E-state index contributed by atoms with van der Waals surface area (Å²) in [4.78, 5) is 12.1. The van der Waals surface area contributed by atoms with E-state index in [1.54, 1.807) is 11.4 Å². The molecule has 4 N–H and O–H groups in total. The molecule has 3 heterocycles. The van der Waals surface area contributed by atoms with Gasteiger partial charge in [-0.2, -0.15) is 0 Å². The zero-order valence-electron chi connectivity index (χ0n) is 12.2. The Labute approximate surface area is 128 Å². The second-order valence-electron chi connectivity index (χ2n) is 5.89. The van der Waals surface area contributed by atoms with Gasteiger partial charge in [0.1, 0.15) is 0 Å². The summed E-state index contributed by atoms with van der Waals surface area (Å²) in [7, 11) is 0. The van der Waals surface area contributed by atoms with E-state index in [2.05, 4.69) is 15.0 Å². The van der Waals surface area contributed by atoms with Crippen LogP contribution in [0.15, 0.2) is 12.7 Å². The van der Waals surface area contributed by atoms with Crippen molar-refractivity contribution in [2.75, 3.05) is 5.73 Å². The van der Waals surface area contributed by atoms with Crippen LogP contribution in [0.4, 0.5) is 5.82 Å². The Balaban J connectivity index is 1.94. The molecule has 0 spiro atoms. The number of hydrogen-bond acceptors (Lipinski definition) is 8. The van der Waals surface area contributed by atoms with Gasteiger partial charge in [0.2, 0.25) is 0 Å².